The monoisotopic (exact) mass is 285 g/mol. The minimum atomic E-state index is 0.0726. The quantitative estimate of drug-likeness (QED) is 0.939. The highest BCUT2D eigenvalue weighted by Gasteiger charge is 2.14. The molecule has 2 heterocycles. The van der Waals surface area contributed by atoms with Gasteiger partial charge in [0.2, 0.25) is 0 Å². The molecule has 1 aromatic heterocycles. The van der Waals surface area contributed by atoms with Gasteiger partial charge in [0, 0.05) is 30.6 Å². The first-order valence-corrected chi connectivity index (χ1v) is 7.18. The van der Waals surface area contributed by atoms with Crippen LogP contribution in [0.5, 0.6) is 11.5 Å². The molecule has 0 spiro atoms. The lowest BCUT2D eigenvalue weighted by atomic mass is 10.1. The fourth-order valence-electron chi connectivity index (χ4n) is 2.41. The Morgan fingerprint density at radius 1 is 1.10 bits per heavy atom. The van der Waals surface area contributed by atoms with E-state index in [2.05, 4.69) is 22.2 Å². The molecule has 2 aromatic rings. The maximum Gasteiger partial charge on any atom is 0.163 e. The molecular formula is C16H19N3O2. The fourth-order valence-corrected chi connectivity index (χ4v) is 2.41. The lowest BCUT2D eigenvalue weighted by molar-refractivity contribution is 0.297. The van der Waals surface area contributed by atoms with Crippen LogP contribution in [0.25, 0.3) is 0 Å². The third-order valence-electron chi connectivity index (χ3n) is 3.46. The van der Waals surface area contributed by atoms with Crippen molar-refractivity contribution in [1.82, 2.24) is 9.97 Å². The van der Waals surface area contributed by atoms with Gasteiger partial charge in [0.15, 0.2) is 11.5 Å². The zero-order chi connectivity index (χ0) is 14.7. The molecule has 1 N–H and O–H groups in total. The van der Waals surface area contributed by atoms with Crippen LogP contribution in [0.15, 0.2) is 30.6 Å². The van der Waals surface area contributed by atoms with E-state index in [4.69, 9.17) is 9.47 Å². The molecule has 1 aromatic carbocycles. The van der Waals surface area contributed by atoms with Crippen molar-refractivity contribution in [3.05, 3.63) is 42.0 Å². The summed E-state index contributed by atoms with van der Waals surface area (Å²) in [5.41, 5.74) is 2.87. The van der Waals surface area contributed by atoms with Gasteiger partial charge in [0.05, 0.1) is 30.6 Å². The standard InChI is InChI=1S/C16H19N3O2/c1-11-16(18-7-6-17-11)12(2)19-13-4-5-14-15(10-13)21-9-3-8-20-14/h4-7,10,12,19H,3,8-9H2,1-2H3. The van der Waals surface area contributed by atoms with Crippen molar-refractivity contribution in [3.8, 4) is 11.5 Å². The number of ether oxygens (including phenoxy) is 2. The molecule has 3 rings (SSSR count). The van der Waals surface area contributed by atoms with Crippen molar-refractivity contribution >= 4 is 5.69 Å². The van der Waals surface area contributed by atoms with Crippen LogP contribution in [0.1, 0.15) is 30.8 Å². The van der Waals surface area contributed by atoms with Gasteiger partial charge in [-0.2, -0.15) is 0 Å². The molecule has 5 nitrogen and oxygen atoms in total. The third kappa shape index (κ3) is 3.07. The van der Waals surface area contributed by atoms with Crippen LogP contribution in [0.4, 0.5) is 5.69 Å². The SMILES string of the molecule is Cc1nccnc1C(C)Nc1ccc2c(c1)OCCCO2. The molecule has 0 amide bonds. The topological polar surface area (TPSA) is 56.3 Å². The summed E-state index contributed by atoms with van der Waals surface area (Å²) >= 11 is 0. The first kappa shape index (κ1) is 13.7. The molecule has 1 unspecified atom stereocenters. The average Bonchev–Trinajstić information content (AvgIpc) is 2.72. The summed E-state index contributed by atoms with van der Waals surface area (Å²) in [5.74, 6) is 1.60. The minimum absolute atomic E-state index is 0.0726. The molecular weight excluding hydrogens is 266 g/mol. The molecule has 110 valence electrons. The van der Waals surface area contributed by atoms with Crippen LogP contribution in [-0.2, 0) is 0 Å². The van der Waals surface area contributed by atoms with E-state index in [0.717, 1.165) is 35.0 Å². The van der Waals surface area contributed by atoms with Crippen LogP contribution < -0.4 is 14.8 Å². The van der Waals surface area contributed by atoms with E-state index in [1.807, 2.05) is 25.1 Å². The molecule has 0 fully saturated rings. The number of hydrogen-bond acceptors (Lipinski definition) is 5. The zero-order valence-corrected chi connectivity index (χ0v) is 12.3. The highest BCUT2D eigenvalue weighted by Crippen LogP contribution is 2.33. The summed E-state index contributed by atoms with van der Waals surface area (Å²) in [4.78, 5) is 8.67. The number of aryl methyl sites for hydroxylation is 1. The zero-order valence-electron chi connectivity index (χ0n) is 12.3. The maximum atomic E-state index is 5.71. The van der Waals surface area contributed by atoms with Crippen LogP contribution in [0.3, 0.4) is 0 Å². The second-order valence-corrected chi connectivity index (χ2v) is 5.11. The van der Waals surface area contributed by atoms with Gasteiger partial charge in [-0.1, -0.05) is 0 Å². The van der Waals surface area contributed by atoms with Crippen molar-refractivity contribution in [3.63, 3.8) is 0 Å². The van der Waals surface area contributed by atoms with Gasteiger partial charge >= 0.3 is 0 Å². The predicted molar refractivity (Wildman–Crippen MR) is 80.9 cm³/mol. The minimum Gasteiger partial charge on any atom is -0.490 e. The average molecular weight is 285 g/mol. The number of benzene rings is 1. The Hall–Kier alpha value is -2.30. The first-order valence-electron chi connectivity index (χ1n) is 7.18. The molecule has 21 heavy (non-hydrogen) atoms. The normalized spacial score (nSPS) is 15.1. The van der Waals surface area contributed by atoms with E-state index < -0.39 is 0 Å². The summed E-state index contributed by atoms with van der Waals surface area (Å²) in [6.07, 6.45) is 4.33. The number of fused-ring (bicyclic) bond motifs is 1. The Kier molecular flexibility index (Phi) is 3.90. The molecule has 5 heteroatoms. The van der Waals surface area contributed by atoms with Crippen molar-refractivity contribution in [2.24, 2.45) is 0 Å². The third-order valence-corrected chi connectivity index (χ3v) is 3.46. The van der Waals surface area contributed by atoms with Crippen molar-refractivity contribution < 1.29 is 9.47 Å². The Morgan fingerprint density at radius 2 is 1.86 bits per heavy atom. The Bertz CT molecular complexity index is 631. The number of nitrogens with zero attached hydrogens (tertiary/aromatic N) is 2. The second kappa shape index (κ2) is 5.99. The van der Waals surface area contributed by atoms with Crippen LogP contribution in [0, 0.1) is 6.92 Å². The van der Waals surface area contributed by atoms with Crippen molar-refractivity contribution in [1.29, 1.82) is 0 Å². The Balaban J connectivity index is 1.79. The molecule has 1 atom stereocenters. The summed E-state index contributed by atoms with van der Waals surface area (Å²) < 4.78 is 11.3. The van der Waals surface area contributed by atoms with E-state index >= 15 is 0 Å². The molecule has 1 aliphatic heterocycles. The number of hydrogen-bond donors (Lipinski definition) is 1. The number of rotatable bonds is 3. The Labute approximate surface area is 124 Å². The molecule has 0 bridgehead atoms. The van der Waals surface area contributed by atoms with Gasteiger partial charge < -0.3 is 14.8 Å². The highest BCUT2D eigenvalue weighted by atomic mass is 16.5. The molecule has 1 aliphatic rings. The maximum absolute atomic E-state index is 5.71. The van der Waals surface area contributed by atoms with Crippen molar-refractivity contribution in [2.75, 3.05) is 18.5 Å². The lowest BCUT2D eigenvalue weighted by Crippen LogP contribution is -2.11. The van der Waals surface area contributed by atoms with Gasteiger partial charge in [0.25, 0.3) is 0 Å². The van der Waals surface area contributed by atoms with Gasteiger partial charge in [-0.05, 0) is 26.0 Å². The summed E-state index contributed by atoms with van der Waals surface area (Å²) in [7, 11) is 0. The Morgan fingerprint density at radius 3 is 2.67 bits per heavy atom. The summed E-state index contributed by atoms with van der Waals surface area (Å²) in [6.45, 7) is 5.43. The van der Waals surface area contributed by atoms with E-state index in [1.165, 1.54) is 0 Å². The first-order chi connectivity index (χ1) is 10.2. The highest BCUT2D eigenvalue weighted by molar-refractivity contribution is 5.55. The number of nitrogens with one attached hydrogen (secondary N) is 1. The van der Waals surface area contributed by atoms with Gasteiger partial charge in [-0.3, -0.25) is 9.97 Å². The largest absolute Gasteiger partial charge is 0.490 e. The number of anilines is 1. The molecule has 0 saturated heterocycles. The smallest absolute Gasteiger partial charge is 0.163 e. The number of aromatic nitrogens is 2. The van der Waals surface area contributed by atoms with E-state index in [1.54, 1.807) is 12.4 Å². The molecule has 0 saturated carbocycles. The second-order valence-electron chi connectivity index (χ2n) is 5.11. The summed E-state index contributed by atoms with van der Waals surface area (Å²) in [6, 6.07) is 5.99. The van der Waals surface area contributed by atoms with Crippen LogP contribution >= 0.6 is 0 Å². The van der Waals surface area contributed by atoms with Crippen molar-refractivity contribution in [2.45, 2.75) is 26.3 Å². The van der Waals surface area contributed by atoms with Crippen LogP contribution in [-0.4, -0.2) is 23.2 Å². The van der Waals surface area contributed by atoms with E-state index in [-0.39, 0.29) is 6.04 Å². The predicted octanol–water partition coefficient (Wildman–Crippen LogP) is 3.12. The van der Waals surface area contributed by atoms with Gasteiger partial charge in [-0.15, -0.1) is 0 Å². The van der Waals surface area contributed by atoms with E-state index in [0.29, 0.717) is 13.2 Å². The van der Waals surface area contributed by atoms with Gasteiger partial charge in [0.1, 0.15) is 0 Å². The van der Waals surface area contributed by atoms with E-state index in [9.17, 15) is 0 Å². The lowest BCUT2D eigenvalue weighted by Gasteiger charge is -2.17. The molecule has 0 aliphatic carbocycles. The van der Waals surface area contributed by atoms with Gasteiger partial charge in [-0.25, -0.2) is 0 Å². The van der Waals surface area contributed by atoms with Crippen LogP contribution in [0.2, 0.25) is 0 Å². The summed E-state index contributed by atoms with van der Waals surface area (Å²) in [5, 5.41) is 3.43. The fraction of sp³-hybridized carbons (Fsp3) is 0.375. The molecule has 0 radical (unpaired) electrons.